The van der Waals surface area contributed by atoms with Crippen molar-refractivity contribution in [3.63, 3.8) is 0 Å². The van der Waals surface area contributed by atoms with Crippen LogP contribution in [0.2, 0.25) is 10.0 Å². The molecule has 0 aliphatic carbocycles. The molecule has 2 aromatic carbocycles. The summed E-state index contributed by atoms with van der Waals surface area (Å²) in [6.45, 7) is 3.52. The maximum Gasteiger partial charge on any atom is 0.242 e. The fraction of sp³-hybridized carbons (Fsp3) is 0.200. The molecular formula is C15H15Cl2NO2S. The van der Waals surface area contributed by atoms with Crippen molar-refractivity contribution < 1.29 is 8.42 Å². The first-order valence-corrected chi connectivity index (χ1v) is 8.58. The Morgan fingerprint density at radius 1 is 1.05 bits per heavy atom. The molecule has 6 heteroatoms. The molecule has 0 aromatic heterocycles. The highest BCUT2D eigenvalue weighted by molar-refractivity contribution is 7.89. The van der Waals surface area contributed by atoms with Gasteiger partial charge in [-0.05, 0) is 37.1 Å². The molecule has 0 fully saturated rings. The molecule has 0 spiro atoms. The van der Waals surface area contributed by atoms with E-state index < -0.39 is 10.0 Å². The maximum absolute atomic E-state index is 12.5. The normalized spacial score (nSPS) is 13.1. The molecule has 0 aliphatic rings. The third-order valence-corrected chi connectivity index (χ3v) is 5.55. The molecule has 1 N–H and O–H groups in total. The SMILES string of the molecule is Cc1cc(S(=O)(=O)NC(C)c2ccccc2)c(Cl)cc1Cl. The van der Waals surface area contributed by atoms with Crippen LogP contribution in [-0.2, 0) is 10.0 Å². The quantitative estimate of drug-likeness (QED) is 0.897. The summed E-state index contributed by atoms with van der Waals surface area (Å²) < 4.78 is 27.5. The van der Waals surface area contributed by atoms with Gasteiger partial charge in [-0.1, -0.05) is 53.5 Å². The summed E-state index contributed by atoms with van der Waals surface area (Å²) in [5.74, 6) is 0. The molecule has 21 heavy (non-hydrogen) atoms. The smallest absolute Gasteiger partial charge is 0.207 e. The third-order valence-electron chi connectivity index (χ3n) is 3.13. The Hall–Kier alpha value is -1.07. The van der Waals surface area contributed by atoms with E-state index in [1.54, 1.807) is 13.8 Å². The van der Waals surface area contributed by atoms with Crippen molar-refractivity contribution in [2.45, 2.75) is 24.8 Å². The van der Waals surface area contributed by atoms with Gasteiger partial charge in [0.2, 0.25) is 10.0 Å². The molecule has 0 amide bonds. The van der Waals surface area contributed by atoms with Gasteiger partial charge in [-0.2, -0.15) is 0 Å². The average molecular weight is 344 g/mol. The van der Waals surface area contributed by atoms with E-state index >= 15 is 0 Å². The van der Waals surface area contributed by atoms with Crippen molar-refractivity contribution >= 4 is 33.2 Å². The number of hydrogen-bond donors (Lipinski definition) is 1. The van der Waals surface area contributed by atoms with Crippen LogP contribution in [0.15, 0.2) is 47.4 Å². The zero-order chi connectivity index (χ0) is 15.6. The van der Waals surface area contributed by atoms with E-state index in [4.69, 9.17) is 23.2 Å². The molecular weight excluding hydrogens is 329 g/mol. The monoisotopic (exact) mass is 343 g/mol. The van der Waals surface area contributed by atoms with E-state index in [0.717, 1.165) is 5.56 Å². The molecule has 0 bridgehead atoms. The van der Waals surface area contributed by atoms with Crippen molar-refractivity contribution in [3.8, 4) is 0 Å². The van der Waals surface area contributed by atoms with Crippen molar-refractivity contribution in [1.29, 1.82) is 0 Å². The number of nitrogens with one attached hydrogen (secondary N) is 1. The van der Waals surface area contributed by atoms with E-state index in [1.807, 2.05) is 30.3 Å². The topological polar surface area (TPSA) is 46.2 Å². The van der Waals surface area contributed by atoms with Gasteiger partial charge >= 0.3 is 0 Å². The second kappa shape index (κ2) is 6.36. The molecule has 0 heterocycles. The van der Waals surface area contributed by atoms with Crippen LogP contribution >= 0.6 is 23.2 Å². The Kier molecular flexibility index (Phi) is 4.94. The minimum atomic E-state index is -3.72. The molecule has 0 radical (unpaired) electrons. The first-order valence-electron chi connectivity index (χ1n) is 6.34. The fourth-order valence-corrected chi connectivity index (χ4v) is 4.01. The van der Waals surface area contributed by atoms with E-state index in [0.29, 0.717) is 10.6 Å². The number of aryl methyl sites for hydroxylation is 1. The lowest BCUT2D eigenvalue weighted by Crippen LogP contribution is -2.27. The Morgan fingerprint density at radius 2 is 1.67 bits per heavy atom. The minimum Gasteiger partial charge on any atom is -0.207 e. The second-order valence-corrected chi connectivity index (χ2v) is 7.28. The third kappa shape index (κ3) is 3.77. The first kappa shape index (κ1) is 16.3. The lowest BCUT2D eigenvalue weighted by Gasteiger charge is -2.16. The maximum atomic E-state index is 12.5. The van der Waals surface area contributed by atoms with Crippen molar-refractivity contribution in [1.82, 2.24) is 4.72 Å². The van der Waals surface area contributed by atoms with Crippen LogP contribution in [0, 0.1) is 6.92 Å². The molecule has 2 rings (SSSR count). The van der Waals surface area contributed by atoms with Gasteiger partial charge in [-0.3, -0.25) is 0 Å². The van der Waals surface area contributed by atoms with Crippen LogP contribution in [0.4, 0.5) is 0 Å². The van der Waals surface area contributed by atoms with E-state index in [2.05, 4.69) is 4.72 Å². The summed E-state index contributed by atoms with van der Waals surface area (Å²) >= 11 is 11.9. The van der Waals surface area contributed by atoms with Crippen LogP contribution in [0.25, 0.3) is 0 Å². The molecule has 2 aromatic rings. The predicted octanol–water partition coefficient (Wildman–Crippen LogP) is 4.34. The van der Waals surface area contributed by atoms with Gasteiger partial charge in [0, 0.05) is 11.1 Å². The van der Waals surface area contributed by atoms with Gasteiger partial charge in [0.25, 0.3) is 0 Å². The minimum absolute atomic E-state index is 0.0360. The summed E-state index contributed by atoms with van der Waals surface area (Å²) in [5, 5.41) is 0.549. The number of hydrogen-bond acceptors (Lipinski definition) is 2. The molecule has 3 nitrogen and oxygen atoms in total. The fourth-order valence-electron chi connectivity index (χ4n) is 1.94. The summed E-state index contributed by atoms with van der Waals surface area (Å²) in [6, 6.07) is 11.9. The number of sulfonamides is 1. The van der Waals surface area contributed by atoms with Crippen molar-refractivity contribution in [2.75, 3.05) is 0 Å². The van der Waals surface area contributed by atoms with Crippen LogP contribution < -0.4 is 4.72 Å². The number of rotatable bonds is 4. The average Bonchev–Trinajstić information content (AvgIpc) is 2.43. The second-order valence-electron chi connectivity index (χ2n) is 4.79. The highest BCUT2D eigenvalue weighted by Crippen LogP contribution is 2.29. The van der Waals surface area contributed by atoms with Gasteiger partial charge in [0.05, 0.1) is 5.02 Å². The summed E-state index contributed by atoms with van der Waals surface area (Å²) in [7, 11) is -3.72. The number of halogens is 2. The largest absolute Gasteiger partial charge is 0.242 e. The molecule has 0 saturated carbocycles. The van der Waals surface area contributed by atoms with Crippen LogP contribution in [-0.4, -0.2) is 8.42 Å². The highest BCUT2D eigenvalue weighted by atomic mass is 35.5. The summed E-state index contributed by atoms with van der Waals surface area (Å²) in [6.07, 6.45) is 0. The zero-order valence-corrected chi connectivity index (χ0v) is 13.9. The van der Waals surface area contributed by atoms with Crippen LogP contribution in [0.5, 0.6) is 0 Å². The highest BCUT2D eigenvalue weighted by Gasteiger charge is 2.22. The molecule has 1 unspecified atom stereocenters. The lowest BCUT2D eigenvalue weighted by molar-refractivity contribution is 0.567. The zero-order valence-electron chi connectivity index (χ0n) is 11.6. The number of benzene rings is 2. The first-order chi connectivity index (χ1) is 9.81. The Balaban J connectivity index is 2.33. The van der Waals surface area contributed by atoms with Gasteiger partial charge in [-0.15, -0.1) is 0 Å². The van der Waals surface area contributed by atoms with E-state index in [1.165, 1.54) is 12.1 Å². The standard InChI is InChI=1S/C15H15Cl2NO2S/c1-10-8-15(14(17)9-13(10)16)21(19,20)18-11(2)12-6-4-3-5-7-12/h3-9,11,18H,1-2H3. The van der Waals surface area contributed by atoms with Crippen molar-refractivity contribution in [2.24, 2.45) is 0 Å². The van der Waals surface area contributed by atoms with E-state index in [9.17, 15) is 8.42 Å². The van der Waals surface area contributed by atoms with Crippen LogP contribution in [0.1, 0.15) is 24.1 Å². The Bertz CT molecular complexity index is 746. The lowest BCUT2D eigenvalue weighted by atomic mass is 10.1. The van der Waals surface area contributed by atoms with Gasteiger partial charge in [0.1, 0.15) is 4.90 Å². The predicted molar refractivity (Wildman–Crippen MR) is 86.4 cm³/mol. The van der Waals surface area contributed by atoms with E-state index in [-0.39, 0.29) is 16.0 Å². The summed E-state index contributed by atoms with van der Waals surface area (Å²) in [4.78, 5) is 0.0360. The Labute approximate surface area is 135 Å². The van der Waals surface area contributed by atoms with Gasteiger partial charge in [0.15, 0.2) is 0 Å². The van der Waals surface area contributed by atoms with Gasteiger partial charge < -0.3 is 0 Å². The van der Waals surface area contributed by atoms with Crippen molar-refractivity contribution in [3.05, 3.63) is 63.6 Å². The Morgan fingerprint density at radius 3 is 2.29 bits per heavy atom. The molecule has 0 aliphatic heterocycles. The summed E-state index contributed by atoms with van der Waals surface area (Å²) in [5.41, 5.74) is 1.54. The molecule has 112 valence electrons. The molecule has 0 saturated heterocycles. The van der Waals surface area contributed by atoms with Gasteiger partial charge in [-0.25, -0.2) is 13.1 Å². The van der Waals surface area contributed by atoms with Crippen LogP contribution in [0.3, 0.4) is 0 Å². The molecule has 1 atom stereocenters.